The summed E-state index contributed by atoms with van der Waals surface area (Å²) < 4.78 is 6.05. The molecule has 3 heterocycles. The average molecular weight is 408 g/mol. The predicted molar refractivity (Wildman–Crippen MR) is 118 cm³/mol. The van der Waals surface area contributed by atoms with Crippen LogP contribution >= 0.6 is 0 Å². The smallest absolute Gasteiger partial charge is 0.226 e. The van der Waals surface area contributed by atoms with Crippen LogP contribution in [0.1, 0.15) is 50.3 Å². The average Bonchev–Trinajstić information content (AvgIpc) is 2.77. The fraction of sp³-hybridized carbons (Fsp3) is 0.520. The standard InChI is InChI=1S/C25H33N3O2/c1-20-19-30-23-11-3-2-8-21(23)9-4-6-12-25(24(29)27-20)13-16-28(17-14-25)18-22-10-5-7-15-26-22/h2-3,5,7-8,10-11,15,20H,4,6,9,12-14,16-19H2,1H3,(H,27,29)/t20-/m1/s1. The van der Waals surface area contributed by atoms with E-state index in [4.69, 9.17) is 4.74 Å². The Morgan fingerprint density at radius 1 is 1.10 bits per heavy atom. The Morgan fingerprint density at radius 3 is 2.70 bits per heavy atom. The van der Waals surface area contributed by atoms with Gasteiger partial charge in [0.1, 0.15) is 12.4 Å². The quantitative estimate of drug-likeness (QED) is 0.818. The normalized spacial score (nSPS) is 22.8. The highest BCUT2D eigenvalue weighted by molar-refractivity contribution is 5.83. The summed E-state index contributed by atoms with van der Waals surface area (Å²) in [6.07, 6.45) is 7.80. The number of benzene rings is 1. The van der Waals surface area contributed by atoms with Gasteiger partial charge in [-0.25, -0.2) is 0 Å². The first-order valence-electron chi connectivity index (χ1n) is 11.3. The van der Waals surface area contributed by atoms with Crippen molar-refractivity contribution in [3.8, 4) is 5.75 Å². The first-order valence-corrected chi connectivity index (χ1v) is 11.3. The third kappa shape index (κ3) is 5.01. The second kappa shape index (κ2) is 9.61. The Labute approximate surface area is 179 Å². The van der Waals surface area contributed by atoms with Gasteiger partial charge in [-0.05, 0) is 75.9 Å². The number of rotatable bonds is 2. The molecule has 2 aliphatic heterocycles. The lowest BCUT2D eigenvalue weighted by Gasteiger charge is -2.41. The molecule has 0 bridgehead atoms. The highest BCUT2D eigenvalue weighted by atomic mass is 16.5. The van der Waals surface area contributed by atoms with E-state index in [1.807, 2.05) is 37.4 Å². The number of nitrogens with one attached hydrogen (secondary N) is 1. The zero-order valence-electron chi connectivity index (χ0n) is 18.0. The minimum atomic E-state index is -0.256. The third-order valence-electron chi connectivity index (χ3n) is 6.60. The number of amides is 1. The number of aromatic nitrogens is 1. The molecule has 0 saturated carbocycles. The van der Waals surface area contributed by atoms with Crippen LogP contribution in [0.2, 0.25) is 0 Å². The summed E-state index contributed by atoms with van der Waals surface area (Å²) in [5.41, 5.74) is 2.12. The molecule has 4 rings (SSSR count). The van der Waals surface area contributed by atoms with Gasteiger partial charge in [0.2, 0.25) is 5.91 Å². The number of aryl methyl sites for hydroxylation is 1. The molecule has 1 N–H and O–H groups in total. The van der Waals surface area contributed by atoms with Gasteiger partial charge in [0.05, 0.1) is 17.2 Å². The maximum absolute atomic E-state index is 13.3. The molecule has 1 aromatic carbocycles. The van der Waals surface area contributed by atoms with Crippen LogP contribution in [0, 0.1) is 5.41 Å². The van der Waals surface area contributed by atoms with Gasteiger partial charge in [0.15, 0.2) is 0 Å². The van der Waals surface area contributed by atoms with Gasteiger partial charge in [-0.3, -0.25) is 14.7 Å². The molecule has 1 spiro atoms. The van der Waals surface area contributed by atoms with Crippen molar-refractivity contribution in [2.75, 3.05) is 19.7 Å². The number of likely N-dealkylation sites (tertiary alicyclic amines) is 1. The molecule has 5 heteroatoms. The minimum Gasteiger partial charge on any atom is -0.491 e. The lowest BCUT2D eigenvalue weighted by atomic mass is 9.73. The molecular formula is C25H33N3O2. The van der Waals surface area contributed by atoms with Crippen LogP contribution in [-0.4, -0.2) is 41.5 Å². The summed E-state index contributed by atoms with van der Waals surface area (Å²) in [5, 5.41) is 3.26. The SMILES string of the molecule is C[C@@H]1COc2ccccc2CCCCC2(CCN(Cc3ccccn3)CC2)C(=O)N1. The Morgan fingerprint density at radius 2 is 1.90 bits per heavy atom. The van der Waals surface area contributed by atoms with Gasteiger partial charge in [0.25, 0.3) is 0 Å². The molecule has 1 amide bonds. The van der Waals surface area contributed by atoms with Crippen molar-refractivity contribution in [1.82, 2.24) is 15.2 Å². The van der Waals surface area contributed by atoms with Crippen molar-refractivity contribution < 1.29 is 9.53 Å². The van der Waals surface area contributed by atoms with E-state index in [0.29, 0.717) is 6.61 Å². The summed E-state index contributed by atoms with van der Waals surface area (Å²) in [6, 6.07) is 14.4. The molecule has 1 saturated heterocycles. The van der Waals surface area contributed by atoms with Crippen molar-refractivity contribution in [2.45, 2.75) is 58.0 Å². The second-order valence-corrected chi connectivity index (χ2v) is 8.88. The predicted octanol–water partition coefficient (Wildman–Crippen LogP) is 3.97. The van der Waals surface area contributed by atoms with E-state index in [1.54, 1.807) is 0 Å². The maximum atomic E-state index is 13.3. The largest absolute Gasteiger partial charge is 0.491 e. The third-order valence-corrected chi connectivity index (χ3v) is 6.60. The number of carbonyl (C=O) groups excluding carboxylic acids is 1. The van der Waals surface area contributed by atoms with Crippen molar-refractivity contribution >= 4 is 5.91 Å². The summed E-state index contributed by atoms with van der Waals surface area (Å²) >= 11 is 0. The molecule has 0 unspecified atom stereocenters. The molecule has 2 aliphatic rings. The highest BCUT2D eigenvalue weighted by Crippen LogP contribution is 2.38. The molecule has 1 atom stereocenters. The van der Waals surface area contributed by atoms with E-state index in [2.05, 4.69) is 33.4 Å². The van der Waals surface area contributed by atoms with E-state index in [0.717, 1.165) is 69.6 Å². The Balaban J connectivity index is 1.42. The van der Waals surface area contributed by atoms with Crippen LogP contribution in [0.3, 0.4) is 0 Å². The molecular weight excluding hydrogens is 374 g/mol. The zero-order valence-corrected chi connectivity index (χ0v) is 18.0. The molecule has 30 heavy (non-hydrogen) atoms. The first kappa shape index (κ1) is 20.9. The summed E-state index contributed by atoms with van der Waals surface area (Å²) in [5.74, 6) is 1.17. The highest BCUT2D eigenvalue weighted by Gasteiger charge is 2.41. The summed E-state index contributed by atoms with van der Waals surface area (Å²) in [6.45, 7) is 5.29. The molecule has 160 valence electrons. The Bertz CT molecular complexity index is 831. The molecule has 0 aliphatic carbocycles. The van der Waals surface area contributed by atoms with E-state index in [1.165, 1.54) is 5.56 Å². The van der Waals surface area contributed by atoms with Gasteiger partial charge in [0, 0.05) is 12.7 Å². The number of ether oxygens (including phenoxy) is 1. The topological polar surface area (TPSA) is 54.5 Å². The van der Waals surface area contributed by atoms with Crippen molar-refractivity contribution in [3.05, 3.63) is 59.9 Å². The Kier molecular flexibility index (Phi) is 6.68. The van der Waals surface area contributed by atoms with Crippen molar-refractivity contribution in [1.29, 1.82) is 0 Å². The van der Waals surface area contributed by atoms with Crippen LogP contribution in [0.5, 0.6) is 5.75 Å². The molecule has 2 aromatic rings. The lowest BCUT2D eigenvalue weighted by Crippen LogP contribution is -2.51. The molecule has 0 radical (unpaired) electrons. The van der Waals surface area contributed by atoms with Crippen molar-refractivity contribution in [2.24, 2.45) is 5.41 Å². The fourth-order valence-electron chi connectivity index (χ4n) is 4.71. The van der Waals surface area contributed by atoms with Gasteiger partial charge >= 0.3 is 0 Å². The number of piperidine rings is 1. The number of carbonyl (C=O) groups is 1. The van der Waals surface area contributed by atoms with Gasteiger partial charge in [-0.2, -0.15) is 0 Å². The second-order valence-electron chi connectivity index (χ2n) is 8.88. The number of hydrogen-bond donors (Lipinski definition) is 1. The minimum absolute atomic E-state index is 0.00611. The monoisotopic (exact) mass is 407 g/mol. The van der Waals surface area contributed by atoms with Gasteiger partial charge < -0.3 is 10.1 Å². The fourth-order valence-corrected chi connectivity index (χ4v) is 4.71. The zero-order chi connectivity index (χ0) is 20.8. The number of para-hydroxylation sites is 1. The number of fused-ring (bicyclic) bond motifs is 1. The lowest BCUT2D eigenvalue weighted by molar-refractivity contribution is -0.135. The summed E-state index contributed by atoms with van der Waals surface area (Å²) in [7, 11) is 0. The van der Waals surface area contributed by atoms with Gasteiger partial charge in [-0.1, -0.05) is 30.7 Å². The van der Waals surface area contributed by atoms with Crippen LogP contribution in [0.4, 0.5) is 0 Å². The van der Waals surface area contributed by atoms with Crippen LogP contribution in [0.25, 0.3) is 0 Å². The summed E-state index contributed by atoms with van der Waals surface area (Å²) in [4.78, 5) is 20.2. The molecule has 1 aromatic heterocycles. The van der Waals surface area contributed by atoms with E-state index in [-0.39, 0.29) is 17.4 Å². The maximum Gasteiger partial charge on any atom is 0.226 e. The number of nitrogens with zero attached hydrogens (tertiary/aromatic N) is 2. The van der Waals surface area contributed by atoms with Crippen LogP contribution in [-0.2, 0) is 17.8 Å². The van der Waals surface area contributed by atoms with E-state index < -0.39 is 0 Å². The first-order chi connectivity index (χ1) is 14.6. The Hall–Kier alpha value is -2.40. The number of pyridine rings is 1. The van der Waals surface area contributed by atoms with Crippen LogP contribution in [0.15, 0.2) is 48.7 Å². The number of hydrogen-bond acceptors (Lipinski definition) is 4. The van der Waals surface area contributed by atoms with Crippen molar-refractivity contribution in [3.63, 3.8) is 0 Å². The van der Waals surface area contributed by atoms with E-state index >= 15 is 0 Å². The molecule has 5 nitrogen and oxygen atoms in total. The van der Waals surface area contributed by atoms with Gasteiger partial charge in [-0.15, -0.1) is 0 Å². The van der Waals surface area contributed by atoms with E-state index in [9.17, 15) is 4.79 Å². The molecule has 1 fully saturated rings. The van der Waals surface area contributed by atoms with Crippen LogP contribution < -0.4 is 10.1 Å².